The maximum Gasteiger partial charge on any atom is 0.313 e. The Hall–Kier alpha value is -1.10. The summed E-state index contributed by atoms with van der Waals surface area (Å²) in [5.41, 5.74) is -2.10. The highest BCUT2D eigenvalue weighted by Gasteiger charge is 2.51. The largest absolute Gasteiger partial charge is 0.469 e. The van der Waals surface area contributed by atoms with E-state index in [9.17, 15) is 14.7 Å². The third-order valence-electron chi connectivity index (χ3n) is 4.60. The minimum atomic E-state index is -1.40. The van der Waals surface area contributed by atoms with Gasteiger partial charge in [0, 0.05) is 13.1 Å². The van der Waals surface area contributed by atoms with E-state index in [-0.39, 0.29) is 23.7 Å². The molecule has 1 aliphatic heterocycles. The quantitative estimate of drug-likeness (QED) is 0.779. The first kappa shape index (κ1) is 16.0. The van der Waals surface area contributed by atoms with Crippen molar-refractivity contribution >= 4 is 11.9 Å². The second kappa shape index (κ2) is 5.12. The molecule has 5 nitrogen and oxygen atoms in total. The van der Waals surface area contributed by atoms with Crippen molar-refractivity contribution in [3.05, 3.63) is 0 Å². The van der Waals surface area contributed by atoms with Gasteiger partial charge in [0.2, 0.25) is 0 Å². The predicted molar refractivity (Wildman–Crippen MR) is 71.3 cm³/mol. The van der Waals surface area contributed by atoms with Crippen LogP contribution in [0.2, 0.25) is 0 Å². The van der Waals surface area contributed by atoms with Gasteiger partial charge in [0.25, 0.3) is 5.91 Å². The molecule has 5 heteroatoms. The molecule has 1 N–H and O–H groups in total. The summed E-state index contributed by atoms with van der Waals surface area (Å²) < 4.78 is 4.83. The van der Waals surface area contributed by atoms with Crippen molar-refractivity contribution in [3.8, 4) is 0 Å². The Morgan fingerprint density at radius 3 is 2.42 bits per heavy atom. The molecule has 0 bridgehead atoms. The van der Waals surface area contributed by atoms with Gasteiger partial charge in [-0.2, -0.15) is 0 Å². The normalized spacial score (nSPS) is 30.3. The van der Waals surface area contributed by atoms with Gasteiger partial charge < -0.3 is 14.7 Å². The lowest BCUT2D eigenvalue weighted by Gasteiger charge is -2.31. The standard InChI is InChI=1S/C14H25NO4/c1-9(2)14(5,18)11(16)15-7-10(3)13(4,8-15)12(17)19-6/h9-10,18H,7-8H2,1-6H3/t10-,13-,14?/m1/s1. The number of esters is 1. The summed E-state index contributed by atoms with van der Waals surface area (Å²) in [6.45, 7) is 9.62. The summed E-state index contributed by atoms with van der Waals surface area (Å²) in [6, 6.07) is 0. The van der Waals surface area contributed by atoms with Crippen molar-refractivity contribution in [1.82, 2.24) is 4.90 Å². The first-order chi connectivity index (χ1) is 8.57. The van der Waals surface area contributed by atoms with Gasteiger partial charge in [-0.15, -0.1) is 0 Å². The van der Waals surface area contributed by atoms with Gasteiger partial charge >= 0.3 is 5.97 Å². The number of rotatable bonds is 3. The minimum absolute atomic E-state index is 0.00635. The van der Waals surface area contributed by atoms with Crippen LogP contribution < -0.4 is 0 Å². The molecule has 0 saturated carbocycles. The summed E-state index contributed by atoms with van der Waals surface area (Å²) >= 11 is 0. The summed E-state index contributed by atoms with van der Waals surface area (Å²) in [6.07, 6.45) is 0. The monoisotopic (exact) mass is 271 g/mol. The number of aliphatic hydroxyl groups is 1. The average molecular weight is 271 g/mol. The van der Waals surface area contributed by atoms with E-state index < -0.39 is 11.0 Å². The molecule has 1 amide bonds. The highest BCUT2D eigenvalue weighted by molar-refractivity contribution is 5.87. The van der Waals surface area contributed by atoms with Crippen LogP contribution in [0.4, 0.5) is 0 Å². The number of ether oxygens (including phenoxy) is 1. The number of hydrogen-bond donors (Lipinski definition) is 1. The Balaban J connectivity index is 2.92. The van der Waals surface area contributed by atoms with Gasteiger partial charge in [0.05, 0.1) is 12.5 Å². The Morgan fingerprint density at radius 2 is 2.00 bits per heavy atom. The Labute approximate surface area is 114 Å². The van der Waals surface area contributed by atoms with Crippen LogP contribution in [0.3, 0.4) is 0 Å². The van der Waals surface area contributed by atoms with Gasteiger partial charge in [-0.3, -0.25) is 9.59 Å². The van der Waals surface area contributed by atoms with Crippen molar-refractivity contribution in [2.24, 2.45) is 17.3 Å². The lowest BCUT2D eigenvalue weighted by molar-refractivity contribution is -0.156. The molecule has 0 aliphatic carbocycles. The van der Waals surface area contributed by atoms with E-state index in [1.54, 1.807) is 25.7 Å². The molecule has 0 spiro atoms. The van der Waals surface area contributed by atoms with Crippen LogP contribution in [0.25, 0.3) is 0 Å². The molecule has 1 unspecified atom stereocenters. The third kappa shape index (κ3) is 2.61. The van der Waals surface area contributed by atoms with Crippen LogP contribution in [0.5, 0.6) is 0 Å². The molecule has 1 fully saturated rings. The predicted octanol–water partition coefficient (Wildman–Crippen LogP) is 1.05. The van der Waals surface area contributed by atoms with Gasteiger partial charge in [-0.25, -0.2) is 0 Å². The molecule has 0 aromatic heterocycles. The number of amides is 1. The van der Waals surface area contributed by atoms with Gasteiger partial charge in [-0.1, -0.05) is 20.8 Å². The van der Waals surface area contributed by atoms with E-state index in [2.05, 4.69) is 0 Å². The molecule has 1 heterocycles. The Morgan fingerprint density at radius 1 is 1.47 bits per heavy atom. The highest BCUT2D eigenvalue weighted by atomic mass is 16.5. The van der Waals surface area contributed by atoms with Crippen LogP contribution in [-0.4, -0.2) is 47.7 Å². The maximum absolute atomic E-state index is 12.4. The van der Waals surface area contributed by atoms with Crippen LogP contribution >= 0.6 is 0 Å². The van der Waals surface area contributed by atoms with E-state index in [1.165, 1.54) is 14.0 Å². The number of nitrogens with zero attached hydrogens (tertiary/aromatic N) is 1. The second-order valence-corrected chi connectivity index (χ2v) is 6.30. The topological polar surface area (TPSA) is 66.8 Å². The smallest absolute Gasteiger partial charge is 0.313 e. The highest BCUT2D eigenvalue weighted by Crippen LogP contribution is 2.38. The zero-order chi connectivity index (χ0) is 15.0. The molecule has 110 valence electrons. The van der Waals surface area contributed by atoms with Gasteiger partial charge in [0.1, 0.15) is 5.60 Å². The fraction of sp³-hybridized carbons (Fsp3) is 0.857. The SMILES string of the molecule is COC(=O)[C@]1(C)CN(C(=O)C(C)(O)C(C)C)C[C@H]1C. The first-order valence-corrected chi connectivity index (χ1v) is 6.67. The van der Waals surface area contributed by atoms with Crippen molar-refractivity contribution in [1.29, 1.82) is 0 Å². The number of hydrogen-bond acceptors (Lipinski definition) is 4. The van der Waals surface area contributed by atoms with E-state index in [0.29, 0.717) is 13.1 Å². The van der Waals surface area contributed by atoms with E-state index in [4.69, 9.17) is 4.74 Å². The molecular formula is C14H25NO4. The molecule has 0 aromatic carbocycles. The zero-order valence-corrected chi connectivity index (χ0v) is 12.7. The fourth-order valence-electron chi connectivity index (χ4n) is 2.37. The van der Waals surface area contributed by atoms with Crippen LogP contribution in [0.1, 0.15) is 34.6 Å². The van der Waals surface area contributed by atoms with E-state index in [0.717, 1.165) is 0 Å². The van der Waals surface area contributed by atoms with Crippen molar-refractivity contribution in [3.63, 3.8) is 0 Å². The molecule has 0 radical (unpaired) electrons. The zero-order valence-electron chi connectivity index (χ0n) is 12.7. The Kier molecular flexibility index (Phi) is 4.30. The number of methoxy groups -OCH3 is 1. The summed E-state index contributed by atoms with van der Waals surface area (Å²) in [5, 5.41) is 10.3. The molecule has 1 aliphatic rings. The molecule has 3 atom stereocenters. The molecule has 0 aromatic rings. The fourth-order valence-corrected chi connectivity index (χ4v) is 2.37. The molecule has 1 rings (SSSR count). The van der Waals surface area contributed by atoms with Crippen molar-refractivity contribution in [2.45, 2.75) is 40.2 Å². The van der Waals surface area contributed by atoms with E-state index >= 15 is 0 Å². The molecular weight excluding hydrogens is 246 g/mol. The number of carbonyl (C=O) groups is 2. The van der Waals surface area contributed by atoms with Crippen LogP contribution in [0, 0.1) is 17.3 Å². The van der Waals surface area contributed by atoms with Crippen molar-refractivity contribution in [2.75, 3.05) is 20.2 Å². The summed E-state index contributed by atoms with van der Waals surface area (Å²) in [7, 11) is 1.36. The lowest BCUT2D eigenvalue weighted by atomic mass is 9.81. The third-order valence-corrected chi connectivity index (χ3v) is 4.60. The second-order valence-electron chi connectivity index (χ2n) is 6.30. The van der Waals surface area contributed by atoms with Gasteiger partial charge in [-0.05, 0) is 25.7 Å². The van der Waals surface area contributed by atoms with Crippen molar-refractivity contribution < 1.29 is 19.4 Å². The van der Waals surface area contributed by atoms with Gasteiger partial charge in [0.15, 0.2) is 0 Å². The first-order valence-electron chi connectivity index (χ1n) is 6.67. The minimum Gasteiger partial charge on any atom is -0.469 e. The number of carbonyl (C=O) groups excluding carboxylic acids is 2. The van der Waals surface area contributed by atoms with Crippen LogP contribution in [-0.2, 0) is 14.3 Å². The lowest BCUT2D eigenvalue weighted by Crippen LogP contribution is -2.50. The van der Waals surface area contributed by atoms with Crippen LogP contribution in [0.15, 0.2) is 0 Å². The number of likely N-dealkylation sites (tertiary alicyclic amines) is 1. The molecule has 1 saturated heterocycles. The van der Waals surface area contributed by atoms with E-state index in [1.807, 2.05) is 6.92 Å². The Bertz CT molecular complexity index is 378. The summed E-state index contributed by atoms with van der Waals surface area (Å²) in [5.74, 6) is -0.798. The molecule has 19 heavy (non-hydrogen) atoms. The summed E-state index contributed by atoms with van der Waals surface area (Å²) in [4.78, 5) is 25.8. The maximum atomic E-state index is 12.4. The average Bonchev–Trinajstić information content (AvgIpc) is 2.64.